The van der Waals surface area contributed by atoms with E-state index in [0.717, 1.165) is 16.8 Å². The van der Waals surface area contributed by atoms with Gasteiger partial charge in [0.15, 0.2) is 0 Å². The van der Waals surface area contributed by atoms with Crippen LogP contribution in [0.4, 0.5) is 0 Å². The van der Waals surface area contributed by atoms with Crippen LogP contribution in [-0.2, 0) is 0 Å². The quantitative estimate of drug-likeness (QED) is 0.448. The van der Waals surface area contributed by atoms with Gasteiger partial charge in [-0.3, -0.25) is 4.98 Å². The van der Waals surface area contributed by atoms with Crippen LogP contribution in [0.5, 0.6) is 0 Å². The molecule has 1 aromatic carbocycles. The number of benzene rings is 1. The summed E-state index contributed by atoms with van der Waals surface area (Å²) in [5.74, 6) is 0. The highest BCUT2D eigenvalue weighted by Gasteiger charge is 1.96. The van der Waals surface area contributed by atoms with E-state index in [1.54, 1.807) is 6.20 Å². The highest BCUT2D eigenvalue weighted by Crippen LogP contribution is 2.17. The van der Waals surface area contributed by atoms with Crippen LogP contribution in [-0.4, -0.2) is 11.5 Å². The molecule has 0 saturated carbocycles. The molecular weight excluding hydrogens is 224 g/mol. The van der Waals surface area contributed by atoms with Gasteiger partial charge in [0.25, 0.3) is 0 Å². The van der Waals surface area contributed by atoms with E-state index in [2.05, 4.69) is 15.0 Å². The van der Waals surface area contributed by atoms with Gasteiger partial charge in [-0.05, 0) is 23.2 Å². The summed E-state index contributed by atoms with van der Waals surface area (Å²) in [5, 5.41) is 3.44. The second-order valence-corrected chi connectivity index (χ2v) is 3.65. The van der Waals surface area contributed by atoms with E-state index in [1.807, 2.05) is 54.6 Å². The van der Waals surface area contributed by atoms with Crippen molar-refractivity contribution < 1.29 is 0 Å². The van der Waals surface area contributed by atoms with Crippen molar-refractivity contribution in [1.29, 1.82) is 0 Å². The van der Waals surface area contributed by atoms with Gasteiger partial charge in [0.05, 0.1) is 5.69 Å². The Morgan fingerprint density at radius 3 is 2.67 bits per heavy atom. The van der Waals surface area contributed by atoms with E-state index < -0.39 is 0 Å². The fourth-order valence-corrected chi connectivity index (χ4v) is 1.57. The Kier molecular flexibility index (Phi) is 4.11. The van der Waals surface area contributed by atoms with E-state index in [9.17, 15) is 0 Å². The lowest BCUT2D eigenvalue weighted by Crippen LogP contribution is -1.81. The van der Waals surface area contributed by atoms with Crippen LogP contribution >= 0.6 is 0 Å². The van der Waals surface area contributed by atoms with Gasteiger partial charge in [0.1, 0.15) is 0 Å². The van der Waals surface area contributed by atoms with Crippen molar-refractivity contribution in [2.24, 2.45) is 5.11 Å². The Bertz CT molecular complexity index is 567. The van der Waals surface area contributed by atoms with E-state index in [1.165, 1.54) is 0 Å². The fraction of sp³-hybridized carbons (Fsp3) is 0.0714. The molecule has 0 saturated heterocycles. The highest BCUT2D eigenvalue weighted by molar-refractivity contribution is 5.62. The number of aromatic nitrogens is 1. The first kappa shape index (κ1) is 11.9. The van der Waals surface area contributed by atoms with Crippen LogP contribution in [0.3, 0.4) is 0 Å². The molecule has 1 heterocycles. The predicted octanol–water partition coefficient (Wildman–Crippen LogP) is 4.07. The summed E-state index contributed by atoms with van der Waals surface area (Å²) in [7, 11) is 0. The summed E-state index contributed by atoms with van der Waals surface area (Å²) in [6.45, 7) is 0.374. The van der Waals surface area contributed by atoms with Gasteiger partial charge in [-0.2, -0.15) is 0 Å². The van der Waals surface area contributed by atoms with Crippen LogP contribution in [0.2, 0.25) is 0 Å². The molecule has 0 atom stereocenters. The number of hydrogen-bond donors (Lipinski definition) is 0. The number of nitrogens with zero attached hydrogens (tertiary/aromatic N) is 4. The number of azide groups is 1. The molecule has 88 valence electrons. The average molecular weight is 236 g/mol. The molecule has 2 rings (SSSR count). The van der Waals surface area contributed by atoms with Gasteiger partial charge >= 0.3 is 0 Å². The van der Waals surface area contributed by atoms with Crippen LogP contribution in [0, 0.1) is 0 Å². The first-order valence-corrected chi connectivity index (χ1v) is 5.59. The summed E-state index contributed by atoms with van der Waals surface area (Å²) in [6.07, 6.45) is 5.54. The average Bonchev–Trinajstić information content (AvgIpc) is 2.45. The zero-order chi connectivity index (χ0) is 12.6. The topological polar surface area (TPSA) is 61.7 Å². The molecule has 2 aromatic rings. The first-order valence-electron chi connectivity index (χ1n) is 5.59. The molecule has 4 heteroatoms. The predicted molar refractivity (Wildman–Crippen MR) is 72.7 cm³/mol. The lowest BCUT2D eigenvalue weighted by molar-refractivity contribution is 1.22. The zero-order valence-electron chi connectivity index (χ0n) is 9.77. The van der Waals surface area contributed by atoms with Gasteiger partial charge in [0.2, 0.25) is 0 Å². The number of pyridine rings is 1. The molecule has 0 N–H and O–H groups in total. The largest absolute Gasteiger partial charge is 0.256 e. The minimum absolute atomic E-state index is 0.374. The number of hydrogen-bond acceptors (Lipinski definition) is 2. The van der Waals surface area contributed by atoms with Crippen LogP contribution in [0.15, 0.2) is 59.9 Å². The Hall–Kier alpha value is -2.58. The second-order valence-electron chi connectivity index (χ2n) is 3.65. The summed E-state index contributed by atoms with van der Waals surface area (Å²) < 4.78 is 0. The third-order valence-corrected chi connectivity index (χ3v) is 2.43. The van der Waals surface area contributed by atoms with Crippen LogP contribution in [0.1, 0.15) is 5.56 Å². The van der Waals surface area contributed by atoms with E-state index in [0.29, 0.717) is 6.54 Å². The minimum atomic E-state index is 0.374. The maximum atomic E-state index is 8.14. The maximum absolute atomic E-state index is 8.14. The van der Waals surface area contributed by atoms with Gasteiger partial charge in [0, 0.05) is 23.2 Å². The van der Waals surface area contributed by atoms with Crippen molar-refractivity contribution in [1.82, 2.24) is 4.98 Å². The summed E-state index contributed by atoms with van der Waals surface area (Å²) in [4.78, 5) is 6.98. The molecule has 0 spiro atoms. The Morgan fingerprint density at radius 2 is 2.00 bits per heavy atom. The van der Waals surface area contributed by atoms with Gasteiger partial charge in [-0.1, -0.05) is 47.6 Å². The molecule has 0 unspecified atom stereocenters. The molecule has 0 bridgehead atoms. The highest BCUT2D eigenvalue weighted by atomic mass is 15.1. The van der Waals surface area contributed by atoms with Crippen LogP contribution in [0.25, 0.3) is 27.8 Å². The SMILES string of the molecule is [N-]=[N+]=NCC=Cc1ccc(-c2ccccn2)cc1. The molecule has 1 aromatic heterocycles. The van der Waals surface area contributed by atoms with Gasteiger partial charge in [-0.15, -0.1) is 0 Å². The normalized spacial score (nSPS) is 10.2. The molecule has 0 aliphatic rings. The van der Waals surface area contributed by atoms with Crippen molar-refractivity contribution in [3.63, 3.8) is 0 Å². The van der Waals surface area contributed by atoms with Gasteiger partial charge < -0.3 is 0 Å². The minimum Gasteiger partial charge on any atom is -0.256 e. The molecule has 4 nitrogen and oxygen atoms in total. The Balaban J connectivity index is 2.11. The summed E-state index contributed by atoms with van der Waals surface area (Å²) in [6, 6.07) is 13.9. The lowest BCUT2D eigenvalue weighted by Gasteiger charge is -2.00. The molecule has 0 amide bonds. The standard InChI is InChI=1S/C14H12N4/c15-18-17-11-3-4-12-6-8-13(9-7-12)14-5-1-2-10-16-14/h1-10H,11H2. The lowest BCUT2D eigenvalue weighted by atomic mass is 10.1. The monoisotopic (exact) mass is 236 g/mol. The van der Waals surface area contributed by atoms with Crippen molar-refractivity contribution in [3.8, 4) is 11.3 Å². The Labute approximate surface area is 105 Å². The summed E-state index contributed by atoms with van der Waals surface area (Å²) >= 11 is 0. The van der Waals surface area contributed by atoms with Crippen LogP contribution < -0.4 is 0 Å². The summed E-state index contributed by atoms with van der Waals surface area (Å²) in [5.41, 5.74) is 11.3. The smallest absolute Gasteiger partial charge is 0.0701 e. The van der Waals surface area contributed by atoms with E-state index in [4.69, 9.17) is 5.53 Å². The molecule has 0 aliphatic heterocycles. The van der Waals surface area contributed by atoms with Crippen molar-refractivity contribution in [3.05, 3.63) is 70.7 Å². The molecule has 0 aliphatic carbocycles. The van der Waals surface area contributed by atoms with E-state index >= 15 is 0 Å². The molecule has 0 radical (unpaired) electrons. The van der Waals surface area contributed by atoms with E-state index in [-0.39, 0.29) is 0 Å². The third kappa shape index (κ3) is 3.20. The van der Waals surface area contributed by atoms with Crippen molar-refractivity contribution in [2.45, 2.75) is 0 Å². The fourth-order valence-electron chi connectivity index (χ4n) is 1.57. The first-order chi connectivity index (χ1) is 8.90. The molecular formula is C14H12N4. The maximum Gasteiger partial charge on any atom is 0.0701 e. The zero-order valence-corrected chi connectivity index (χ0v) is 9.77. The van der Waals surface area contributed by atoms with Crippen molar-refractivity contribution in [2.75, 3.05) is 6.54 Å². The van der Waals surface area contributed by atoms with Gasteiger partial charge in [-0.25, -0.2) is 0 Å². The van der Waals surface area contributed by atoms with Crippen molar-refractivity contribution >= 4 is 6.08 Å². The second kappa shape index (κ2) is 6.23. The number of rotatable bonds is 4. The third-order valence-electron chi connectivity index (χ3n) is 2.43. The Morgan fingerprint density at radius 1 is 1.17 bits per heavy atom. The molecule has 0 fully saturated rings. The molecule has 18 heavy (non-hydrogen) atoms.